The zero-order chi connectivity index (χ0) is 10.9. The number of hydrogen-bond donors (Lipinski definition) is 0. The van der Waals surface area contributed by atoms with Gasteiger partial charge in [-0.25, -0.2) is 4.79 Å². The minimum atomic E-state index is -1.67. The minimum absolute atomic E-state index is 0.0772. The molecule has 1 atom stereocenters. The van der Waals surface area contributed by atoms with Crippen molar-refractivity contribution in [2.45, 2.75) is 39.3 Å². The van der Waals surface area contributed by atoms with Crippen LogP contribution in [-0.4, -0.2) is 28.4 Å². The van der Waals surface area contributed by atoms with Gasteiger partial charge < -0.3 is 4.43 Å². The van der Waals surface area contributed by atoms with E-state index in [4.69, 9.17) is 4.43 Å². The highest BCUT2D eigenvalue weighted by Crippen LogP contribution is 2.45. The number of rotatable bonds is 3. The van der Waals surface area contributed by atoms with Crippen molar-refractivity contribution in [1.82, 2.24) is 0 Å². The first-order valence-corrected chi connectivity index (χ1v) is 14.0. The van der Waals surface area contributed by atoms with Crippen LogP contribution in [0.15, 0.2) is 0 Å². The molecule has 0 heterocycles. The Morgan fingerprint density at radius 2 is 1.46 bits per heavy atom. The van der Waals surface area contributed by atoms with Crippen LogP contribution in [0.3, 0.4) is 0 Å². The predicted molar refractivity (Wildman–Crippen MR) is 66.0 cm³/mol. The fourth-order valence-corrected chi connectivity index (χ4v) is 5.10. The molecule has 0 bridgehead atoms. The van der Waals surface area contributed by atoms with Crippen LogP contribution in [0, 0.1) is 0 Å². The van der Waals surface area contributed by atoms with E-state index < -0.39 is 23.5 Å². The van der Waals surface area contributed by atoms with E-state index in [2.05, 4.69) is 45.9 Å². The van der Waals surface area contributed by atoms with Crippen molar-refractivity contribution in [2.75, 3.05) is 6.66 Å². The maximum atomic E-state index is 11.7. The van der Waals surface area contributed by atoms with Crippen LogP contribution in [0.2, 0.25) is 39.3 Å². The van der Waals surface area contributed by atoms with Gasteiger partial charge in [0.15, 0.2) is 0 Å². The molecule has 0 aromatic rings. The Morgan fingerprint density at radius 3 is 1.69 bits per heavy atom. The van der Waals surface area contributed by atoms with Crippen LogP contribution in [0.4, 0.5) is 4.79 Å². The fraction of sp³-hybridized carbons (Fsp3) is 0.875. The summed E-state index contributed by atoms with van der Waals surface area (Å²) >= 11 is 0. The SMILES string of the molecule is CP(C(=O)O[Si](C)(C)C)[Si](C)(C)C. The van der Waals surface area contributed by atoms with E-state index in [0.29, 0.717) is 0 Å². The summed E-state index contributed by atoms with van der Waals surface area (Å²) in [6.07, 6.45) is 0. The molecular formula is C8H21O2PSi2. The van der Waals surface area contributed by atoms with Gasteiger partial charge in [-0.2, -0.15) is 0 Å². The Labute approximate surface area is 84.8 Å². The highest BCUT2D eigenvalue weighted by molar-refractivity contribution is 8.04. The Bertz CT molecular complexity index is 193. The summed E-state index contributed by atoms with van der Waals surface area (Å²) in [5.41, 5.74) is 0.0772. The van der Waals surface area contributed by atoms with Gasteiger partial charge in [0.2, 0.25) is 8.32 Å². The molecule has 0 aliphatic heterocycles. The molecule has 0 fully saturated rings. The molecule has 0 aromatic carbocycles. The van der Waals surface area contributed by atoms with Crippen LogP contribution in [0.5, 0.6) is 0 Å². The predicted octanol–water partition coefficient (Wildman–Crippen LogP) is 3.90. The molecule has 0 aliphatic rings. The van der Waals surface area contributed by atoms with Crippen molar-refractivity contribution in [3.05, 3.63) is 0 Å². The van der Waals surface area contributed by atoms with E-state index in [9.17, 15) is 4.79 Å². The van der Waals surface area contributed by atoms with E-state index in [0.717, 1.165) is 0 Å². The van der Waals surface area contributed by atoms with Gasteiger partial charge in [0, 0.05) is 0 Å². The third kappa shape index (κ3) is 5.60. The molecule has 0 saturated heterocycles. The fourth-order valence-electron chi connectivity index (χ4n) is 0.604. The molecule has 0 amide bonds. The molecule has 0 saturated carbocycles. The molecule has 0 aromatic heterocycles. The lowest BCUT2D eigenvalue weighted by Crippen LogP contribution is -2.31. The number of hydrogen-bond acceptors (Lipinski definition) is 2. The lowest BCUT2D eigenvalue weighted by atomic mass is 11.6. The van der Waals surface area contributed by atoms with Gasteiger partial charge in [0.1, 0.15) is 0 Å². The molecular weight excluding hydrogens is 215 g/mol. The van der Waals surface area contributed by atoms with E-state index in [1.807, 2.05) is 0 Å². The van der Waals surface area contributed by atoms with E-state index in [-0.39, 0.29) is 5.71 Å². The summed E-state index contributed by atoms with van der Waals surface area (Å²) in [5.74, 6) is 0. The average Bonchev–Trinajstić information content (AvgIpc) is 1.79. The summed E-state index contributed by atoms with van der Waals surface area (Å²) in [5, 5.41) is 0. The van der Waals surface area contributed by atoms with Gasteiger partial charge in [0.05, 0.1) is 7.74 Å². The Balaban J connectivity index is 4.30. The van der Waals surface area contributed by atoms with Gasteiger partial charge in [-0.3, -0.25) is 0 Å². The molecule has 2 nitrogen and oxygen atoms in total. The first-order valence-electron chi connectivity index (χ1n) is 4.51. The van der Waals surface area contributed by atoms with Crippen molar-refractivity contribution in [2.24, 2.45) is 0 Å². The maximum Gasteiger partial charge on any atom is 0.308 e. The van der Waals surface area contributed by atoms with Gasteiger partial charge in [-0.1, -0.05) is 19.6 Å². The second-order valence-electron chi connectivity index (χ2n) is 5.21. The molecule has 0 rings (SSSR count). The molecule has 0 spiro atoms. The van der Waals surface area contributed by atoms with Crippen molar-refractivity contribution in [3.8, 4) is 0 Å². The topological polar surface area (TPSA) is 26.3 Å². The van der Waals surface area contributed by atoms with Gasteiger partial charge in [0.25, 0.3) is 0 Å². The maximum absolute atomic E-state index is 11.7. The second-order valence-corrected chi connectivity index (χ2v) is 21.5. The third-order valence-corrected chi connectivity index (χ3v) is 11.9. The monoisotopic (exact) mass is 236 g/mol. The van der Waals surface area contributed by atoms with Crippen LogP contribution >= 0.6 is 7.47 Å². The molecule has 5 heteroatoms. The molecule has 13 heavy (non-hydrogen) atoms. The Morgan fingerprint density at radius 1 is 1.08 bits per heavy atom. The van der Waals surface area contributed by atoms with Crippen molar-refractivity contribution in [1.29, 1.82) is 0 Å². The van der Waals surface area contributed by atoms with Gasteiger partial charge >= 0.3 is 5.71 Å². The molecule has 78 valence electrons. The standard InChI is InChI=1S/C8H21O2PSi2/c1-11(13(5,6)7)8(9)10-12(2,3)4/h1-7H3. The first kappa shape index (κ1) is 13.3. The smallest absolute Gasteiger partial charge is 0.308 e. The number of carbonyl (C=O) groups excluding carboxylic acids is 1. The summed E-state index contributed by atoms with van der Waals surface area (Å²) in [6, 6.07) is 0. The highest BCUT2D eigenvalue weighted by atomic mass is 31.4. The summed E-state index contributed by atoms with van der Waals surface area (Å²) in [7, 11) is -3.52. The molecule has 0 N–H and O–H groups in total. The van der Waals surface area contributed by atoms with Gasteiger partial charge in [-0.15, -0.1) is 0 Å². The van der Waals surface area contributed by atoms with Crippen LogP contribution in [-0.2, 0) is 4.43 Å². The summed E-state index contributed by atoms with van der Waals surface area (Å²) in [4.78, 5) is 11.7. The first-order chi connectivity index (χ1) is 5.54. The van der Waals surface area contributed by atoms with Crippen molar-refractivity contribution < 1.29 is 9.22 Å². The lowest BCUT2D eigenvalue weighted by Gasteiger charge is -2.27. The van der Waals surface area contributed by atoms with Crippen molar-refractivity contribution >= 4 is 29.2 Å². The van der Waals surface area contributed by atoms with Crippen LogP contribution < -0.4 is 0 Å². The molecule has 0 aliphatic carbocycles. The Hall–Kier alpha value is 0.334. The quantitative estimate of drug-likeness (QED) is 0.548. The van der Waals surface area contributed by atoms with Gasteiger partial charge in [-0.05, 0) is 33.8 Å². The van der Waals surface area contributed by atoms with E-state index >= 15 is 0 Å². The summed E-state index contributed by atoms with van der Waals surface area (Å²) < 4.78 is 5.49. The normalized spacial score (nSPS) is 15.3. The molecule has 0 radical (unpaired) electrons. The average molecular weight is 236 g/mol. The Kier molecular flexibility index (Phi) is 4.35. The largest absolute Gasteiger partial charge is 0.517 e. The van der Waals surface area contributed by atoms with E-state index in [1.54, 1.807) is 0 Å². The third-order valence-electron chi connectivity index (χ3n) is 1.67. The zero-order valence-corrected chi connectivity index (χ0v) is 12.7. The minimum Gasteiger partial charge on any atom is -0.517 e. The molecule has 1 unspecified atom stereocenters. The second kappa shape index (κ2) is 4.24. The zero-order valence-electron chi connectivity index (χ0n) is 9.76. The van der Waals surface area contributed by atoms with Crippen LogP contribution in [0.1, 0.15) is 0 Å². The lowest BCUT2D eigenvalue weighted by molar-refractivity contribution is 0.225. The van der Waals surface area contributed by atoms with E-state index in [1.165, 1.54) is 0 Å². The highest BCUT2D eigenvalue weighted by Gasteiger charge is 2.32. The number of carbonyl (C=O) groups is 1. The summed E-state index contributed by atoms with van der Waals surface area (Å²) in [6.45, 7) is 14.9. The van der Waals surface area contributed by atoms with Crippen LogP contribution in [0.25, 0.3) is 0 Å². The van der Waals surface area contributed by atoms with Crippen molar-refractivity contribution in [3.63, 3.8) is 0 Å².